The molecule has 0 aromatic carbocycles. The summed E-state index contributed by atoms with van der Waals surface area (Å²) in [5.41, 5.74) is -0.151. The van der Waals surface area contributed by atoms with Gasteiger partial charge < -0.3 is 5.32 Å². The summed E-state index contributed by atoms with van der Waals surface area (Å²) in [5, 5.41) is 7.18. The normalized spacial score (nSPS) is 16.3. The minimum absolute atomic E-state index is 0.0379. The minimum atomic E-state index is -4.51. The summed E-state index contributed by atoms with van der Waals surface area (Å²) >= 11 is 0. The number of alkyl halides is 3. The molecule has 1 aliphatic rings. The quantitative estimate of drug-likeness (QED) is 0.910. The number of nitrogens with one attached hydrogen (secondary N) is 1. The van der Waals surface area contributed by atoms with Crippen molar-refractivity contribution in [2.75, 3.05) is 5.32 Å². The highest BCUT2D eigenvalue weighted by atomic mass is 19.4. The Morgan fingerprint density at radius 3 is 2.58 bits per heavy atom. The van der Waals surface area contributed by atoms with Crippen molar-refractivity contribution in [3.8, 4) is 11.3 Å². The Bertz CT molecular complexity index is 689. The Morgan fingerprint density at radius 1 is 1.21 bits per heavy atom. The summed E-state index contributed by atoms with van der Waals surface area (Å²) in [5.74, 6) is 0.0379. The van der Waals surface area contributed by atoms with Crippen LogP contribution in [0.4, 0.5) is 19.1 Å². The predicted octanol–water partition coefficient (Wildman–Crippen LogP) is 4.12. The highest BCUT2D eigenvalue weighted by Crippen LogP contribution is 2.31. The van der Waals surface area contributed by atoms with E-state index in [-0.39, 0.29) is 17.7 Å². The highest BCUT2D eigenvalue weighted by molar-refractivity contribution is 5.59. The fraction of sp³-hybridized carbons (Fsp3) is 0.562. The number of hydrogen-bond donors (Lipinski definition) is 1. The highest BCUT2D eigenvalue weighted by Gasteiger charge is 2.34. The smallest absolute Gasteiger partial charge is 0.351 e. The summed E-state index contributed by atoms with van der Waals surface area (Å²) in [6.45, 7) is 2.55. The molecule has 130 valence electrons. The van der Waals surface area contributed by atoms with Gasteiger partial charge in [0.15, 0.2) is 5.69 Å². The third-order valence-corrected chi connectivity index (χ3v) is 4.21. The van der Waals surface area contributed by atoms with E-state index in [0.717, 1.165) is 31.7 Å². The van der Waals surface area contributed by atoms with E-state index in [1.54, 1.807) is 10.9 Å². The zero-order valence-corrected chi connectivity index (χ0v) is 13.5. The third kappa shape index (κ3) is 3.85. The summed E-state index contributed by atoms with van der Waals surface area (Å²) < 4.78 is 41.2. The molecule has 0 bridgehead atoms. The van der Waals surface area contributed by atoms with Crippen LogP contribution in [0.3, 0.4) is 0 Å². The lowest BCUT2D eigenvalue weighted by molar-refractivity contribution is -0.141. The maximum Gasteiger partial charge on any atom is 0.433 e. The van der Waals surface area contributed by atoms with Gasteiger partial charge in [-0.15, -0.1) is 0 Å². The second kappa shape index (κ2) is 6.78. The molecule has 1 N–H and O–H groups in total. The fourth-order valence-electron chi connectivity index (χ4n) is 2.90. The van der Waals surface area contributed by atoms with Crippen LogP contribution in [-0.4, -0.2) is 25.8 Å². The molecule has 2 aromatic rings. The van der Waals surface area contributed by atoms with Gasteiger partial charge >= 0.3 is 6.18 Å². The average molecular weight is 339 g/mol. The predicted molar refractivity (Wildman–Crippen MR) is 84.4 cm³/mol. The number of halogens is 3. The number of hydrogen-bond acceptors (Lipinski definition) is 4. The monoisotopic (exact) mass is 339 g/mol. The van der Waals surface area contributed by atoms with Crippen LogP contribution >= 0.6 is 0 Å². The van der Waals surface area contributed by atoms with Crippen LogP contribution in [0.15, 0.2) is 18.5 Å². The van der Waals surface area contributed by atoms with Gasteiger partial charge in [-0.2, -0.15) is 18.3 Å². The van der Waals surface area contributed by atoms with E-state index in [1.807, 2.05) is 6.92 Å². The van der Waals surface area contributed by atoms with Crippen molar-refractivity contribution in [3.05, 3.63) is 24.2 Å². The Balaban J connectivity index is 1.93. The van der Waals surface area contributed by atoms with E-state index >= 15 is 0 Å². The van der Waals surface area contributed by atoms with Gasteiger partial charge in [-0.05, 0) is 25.8 Å². The molecule has 5 nitrogen and oxygen atoms in total. The zero-order valence-electron chi connectivity index (χ0n) is 13.5. The van der Waals surface area contributed by atoms with Crippen molar-refractivity contribution in [1.82, 2.24) is 19.7 Å². The van der Waals surface area contributed by atoms with Crippen LogP contribution < -0.4 is 5.32 Å². The van der Waals surface area contributed by atoms with E-state index in [4.69, 9.17) is 0 Å². The van der Waals surface area contributed by atoms with Crippen molar-refractivity contribution in [1.29, 1.82) is 0 Å². The first-order chi connectivity index (χ1) is 11.5. The van der Waals surface area contributed by atoms with Gasteiger partial charge in [0.05, 0.1) is 11.9 Å². The van der Waals surface area contributed by atoms with Crippen LogP contribution in [0.2, 0.25) is 0 Å². The van der Waals surface area contributed by atoms with E-state index in [2.05, 4.69) is 20.4 Å². The summed E-state index contributed by atoms with van der Waals surface area (Å²) in [6, 6.07) is 1.11. The van der Waals surface area contributed by atoms with Crippen molar-refractivity contribution in [2.45, 2.75) is 57.8 Å². The SMILES string of the molecule is CCn1cc(-c2cc(C(F)(F)F)nc(NC3CCCCC3)n2)cn1. The van der Waals surface area contributed by atoms with Crippen LogP contribution in [0, 0.1) is 0 Å². The molecular weight excluding hydrogens is 319 g/mol. The molecule has 1 saturated carbocycles. The molecule has 0 saturated heterocycles. The molecule has 0 radical (unpaired) electrons. The first-order valence-electron chi connectivity index (χ1n) is 8.21. The molecule has 0 aliphatic heterocycles. The fourth-order valence-corrected chi connectivity index (χ4v) is 2.90. The van der Waals surface area contributed by atoms with Crippen molar-refractivity contribution in [3.63, 3.8) is 0 Å². The van der Waals surface area contributed by atoms with Crippen LogP contribution in [0.1, 0.15) is 44.7 Å². The topological polar surface area (TPSA) is 55.6 Å². The molecule has 1 fully saturated rings. The molecular formula is C16H20F3N5. The second-order valence-corrected chi connectivity index (χ2v) is 6.02. The summed E-state index contributed by atoms with van der Waals surface area (Å²) in [7, 11) is 0. The van der Waals surface area contributed by atoms with Gasteiger partial charge in [-0.25, -0.2) is 9.97 Å². The maximum atomic E-state index is 13.2. The summed E-state index contributed by atoms with van der Waals surface area (Å²) in [4.78, 5) is 7.96. The number of nitrogens with zero attached hydrogens (tertiary/aromatic N) is 4. The Labute approximate surface area is 138 Å². The Hall–Kier alpha value is -2.12. The van der Waals surface area contributed by atoms with Crippen LogP contribution in [0.5, 0.6) is 0 Å². The first-order valence-corrected chi connectivity index (χ1v) is 8.21. The molecule has 24 heavy (non-hydrogen) atoms. The summed E-state index contributed by atoms with van der Waals surface area (Å²) in [6.07, 6.45) is 3.89. The molecule has 8 heteroatoms. The van der Waals surface area contributed by atoms with Crippen molar-refractivity contribution < 1.29 is 13.2 Å². The third-order valence-electron chi connectivity index (χ3n) is 4.21. The van der Waals surface area contributed by atoms with Crippen molar-refractivity contribution in [2.24, 2.45) is 0 Å². The lowest BCUT2D eigenvalue weighted by Crippen LogP contribution is -2.24. The Kier molecular flexibility index (Phi) is 4.73. The molecule has 0 amide bonds. The van der Waals surface area contributed by atoms with Crippen LogP contribution in [-0.2, 0) is 12.7 Å². The first kappa shape index (κ1) is 16.7. The molecule has 0 atom stereocenters. The van der Waals surface area contributed by atoms with Crippen LogP contribution in [0.25, 0.3) is 11.3 Å². The molecule has 0 unspecified atom stereocenters. The van der Waals surface area contributed by atoms with Gasteiger partial charge in [-0.3, -0.25) is 4.68 Å². The van der Waals surface area contributed by atoms with E-state index in [0.29, 0.717) is 12.1 Å². The molecule has 2 aromatic heterocycles. The van der Waals surface area contributed by atoms with E-state index in [9.17, 15) is 13.2 Å². The lowest BCUT2D eigenvalue weighted by Gasteiger charge is -2.23. The second-order valence-electron chi connectivity index (χ2n) is 6.02. The number of aromatic nitrogens is 4. The minimum Gasteiger partial charge on any atom is -0.351 e. The van der Waals surface area contributed by atoms with Gasteiger partial charge in [0, 0.05) is 24.3 Å². The van der Waals surface area contributed by atoms with Gasteiger partial charge in [0.25, 0.3) is 0 Å². The van der Waals surface area contributed by atoms with E-state index in [1.165, 1.54) is 12.6 Å². The van der Waals surface area contributed by atoms with Crippen molar-refractivity contribution >= 4 is 5.95 Å². The van der Waals surface area contributed by atoms with Gasteiger partial charge in [-0.1, -0.05) is 19.3 Å². The molecule has 0 spiro atoms. The Morgan fingerprint density at radius 2 is 1.96 bits per heavy atom. The average Bonchev–Trinajstić information content (AvgIpc) is 3.04. The molecule has 1 aliphatic carbocycles. The maximum absolute atomic E-state index is 13.2. The number of rotatable bonds is 4. The number of anilines is 1. The standard InChI is InChI=1S/C16H20F3N5/c1-2-24-10-11(9-20-24)13-8-14(16(17,18)19)23-15(22-13)21-12-6-4-3-5-7-12/h8-10,12H,2-7H2,1H3,(H,21,22,23). The molecule has 3 rings (SSSR count). The number of aryl methyl sites for hydroxylation is 1. The largest absolute Gasteiger partial charge is 0.433 e. The van der Waals surface area contributed by atoms with E-state index < -0.39 is 11.9 Å². The lowest BCUT2D eigenvalue weighted by atomic mass is 9.96. The van der Waals surface area contributed by atoms with Gasteiger partial charge in [0.1, 0.15) is 0 Å². The van der Waals surface area contributed by atoms with Gasteiger partial charge in [0.2, 0.25) is 5.95 Å². The molecule has 2 heterocycles. The zero-order chi connectivity index (χ0) is 17.2.